The quantitative estimate of drug-likeness (QED) is 0.798. The van der Waals surface area contributed by atoms with Crippen molar-refractivity contribution in [3.8, 4) is 0 Å². The summed E-state index contributed by atoms with van der Waals surface area (Å²) < 4.78 is 0. The fraction of sp³-hybridized carbons (Fsp3) is 0.500. The zero-order valence-electron chi connectivity index (χ0n) is 10.6. The summed E-state index contributed by atoms with van der Waals surface area (Å²) in [4.78, 5) is 8.09. The van der Waals surface area contributed by atoms with E-state index in [-0.39, 0.29) is 0 Å². The van der Waals surface area contributed by atoms with Gasteiger partial charge in [-0.25, -0.2) is 4.98 Å². The van der Waals surface area contributed by atoms with Gasteiger partial charge in [-0.3, -0.25) is 0 Å². The molecule has 0 radical (unpaired) electrons. The molecule has 0 spiro atoms. The lowest BCUT2D eigenvalue weighted by atomic mass is 10.0. The van der Waals surface area contributed by atoms with Crippen molar-refractivity contribution in [1.82, 2.24) is 9.97 Å². The highest BCUT2D eigenvalue weighted by atomic mass is 35.5. The summed E-state index contributed by atoms with van der Waals surface area (Å²) in [5.74, 6) is 1.56. The first kappa shape index (κ1) is 11.1. The molecule has 2 nitrogen and oxygen atoms in total. The minimum Gasteiger partial charge on any atom is -0.342 e. The molecule has 1 N–H and O–H groups in total. The van der Waals surface area contributed by atoms with Gasteiger partial charge in [-0.1, -0.05) is 45.4 Å². The number of hydrogen-bond donors (Lipinski definition) is 1. The third kappa shape index (κ3) is 1.30. The van der Waals surface area contributed by atoms with Crippen LogP contribution < -0.4 is 0 Å². The van der Waals surface area contributed by atoms with E-state index in [1.807, 2.05) is 18.2 Å². The molecule has 3 rings (SSSR count). The molecule has 1 fully saturated rings. The highest BCUT2D eigenvalue weighted by Crippen LogP contribution is 2.73. The van der Waals surface area contributed by atoms with E-state index in [2.05, 4.69) is 37.7 Å². The summed E-state index contributed by atoms with van der Waals surface area (Å²) in [6, 6.07) is 5.87. The predicted molar refractivity (Wildman–Crippen MR) is 71.4 cm³/mol. The van der Waals surface area contributed by atoms with Gasteiger partial charge in [0.15, 0.2) is 0 Å². The minimum absolute atomic E-state index is 0.299. The third-order valence-corrected chi connectivity index (χ3v) is 5.08. The fourth-order valence-corrected chi connectivity index (χ4v) is 3.25. The SMILES string of the molecule is CC1(C)C(c2nc3c(Cl)cccc3[nH]2)C1(C)C. The van der Waals surface area contributed by atoms with E-state index in [9.17, 15) is 0 Å². The van der Waals surface area contributed by atoms with Crippen molar-refractivity contribution in [1.29, 1.82) is 0 Å². The highest BCUT2D eigenvalue weighted by Gasteiger charge is 2.66. The summed E-state index contributed by atoms with van der Waals surface area (Å²) >= 11 is 6.16. The number of hydrogen-bond acceptors (Lipinski definition) is 1. The van der Waals surface area contributed by atoms with Crippen molar-refractivity contribution >= 4 is 22.6 Å². The third-order valence-electron chi connectivity index (χ3n) is 4.78. The van der Waals surface area contributed by atoms with Crippen molar-refractivity contribution in [2.75, 3.05) is 0 Å². The van der Waals surface area contributed by atoms with E-state index in [0.29, 0.717) is 16.7 Å². The number of imidazole rings is 1. The zero-order valence-corrected chi connectivity index (χ0v) is 11.4. The van der Waals surface area contributed by atoms with Crippen molar-refractivity contribution in [2.24, 2.45) is 10.8 Å². The van der Waals surface area contributed by atoms with E-state index in [0.717, 1.165) is 21.9 Å². The molecule has 1 aromatic carbocycles. The molecule has 0 saturated heterocycles. The maximum atomic E-state index is 6.16. The minimum atomic E-state index is 0.299. The van der Waals surface area contributed by atoms with Crippen LogP contribution in [0.3, 0.4) is 0 Å². The number of para-hydroxylation sites is 1. The smallest absolute Gasteiger partial charge is 0.111 e. The fourth-order valence-electron chi connectivity index (χ4n) is 3.03. The van der Waals surface area contributed by atoms with Crippen molar-refractivity contribution in [3.05, 3.63) is 29.0 Å². The molecule has 0 atom stereocenters. The number of nitrogens with one attached hydrogen (secondary N) is 1. The van der Waals surface area contributed by atoms with Crippen LogP contribution in [-0.2, 0) is 0 Å². The van der Waals surface area contributed by atoms with Crippen LogP contribution in [0.1, 0.15) is 39.4 Å². The Morgan fingerprint density at radius 3 is 2.35 bits per heavy atom. The molecule has 1 heterocycles. The van der Waals surface area contributed by atoms with E-state index < -0.39 is 0 Å². The van der Waals surface area contributed by atoms with Crippen molar-refractivity contribution in [2.45, 2.75) is 33.6 Å². The topological polar surface area (TPSA) is 28.7 Å². The summed E-state index contributed by atoms with van der Waals surface area (Å²) in [6.07, 6.45) is 0. The van der Waals surface area contributed by atoms with Gasteiger partial charge in [0.05, 0.1) is 10.5 Å². The van der Waals surface area contributed by atoms with E-state index in [1.165, 1.54) is 0 Å². The van der Waals surface area contributed by atoms with E-state index in [1.54, 1.807) is 0 Å². The Balaban J connectivity index is 2.13. The summed E-state index contributed by atoms with van der Waals surface area (Å²) in [5.41, 5.74) is 2.52. The van der Waals surface area contributed by atoms with Gasteiger partial charge < -0.3 is 4.98 Å². The number of H-pyrrole nitrogens is 1. The van der Waals surface area contributed by atoms with E-state index in [4.69, 9.17) is 11.6 Å². The number of rotatable bonds is 1. The Morgan fingerprint density at radius 1 is 1.18 bits per heavy atom. The molecule has 17 heavy (non-hydrogen) atoms. The number of fused-ring (bicyclic) bond motifs is 1. The Bertz CT molecular complexity index is 581. The molecule has 2 aromatic rings. The van der Waals surface area contributed by atoms with Gasteiger partial charge in [-0.15, -0.1) is 0 Å². The second-order valence-corrected chi connectivity index (χ2v) is 6.54. The molecule has 1 aliphatic rings. The van der Waals surface area contributed by atoms with Crippen LogP contribution in [0, 0.1) is 10.8 Å². The predicted octanol–water partition coefficient (Wildman–Crippen LogP) is 4.37. The van der Waals surface area contributed by atoms with Crippen LogP contribution >= 0.6 is 11.6 Å². The number of aromatic amines is 1. The molecule has 0 unspecified atom stereocenters. The van der Waals surface area contributed by atoms with Crippen molar-refractivity contribution < 1.29 is 0 Å². The van der Waals surface area contributed by atoms with Crippen LogP contribution in [0.25, 0.3) is 11.0 Å². The van der Waals surface area contributed by atoms with E-state index >= 15 is 0 Å². The van der Waals surface area contributed by atoms with Crippen LogP contribution in [-0.4, -0.2) is 9.97 Å². The average Bonchev–Trinajstić information content (AvgIpc) is 2.59. The van der Waals surface area contributed by atoms with Gasteiger partial charge >= 0.3 is 0 Å². The number of aromatic nitrogens is 2. The van der Waals surface area contributed by atoms with Crippen LogP contribution in [0.15, 0.2) is 18.2 Å². The molecule has 0 amide bonds. The van der Waals surface area contributed by atoms with Gasteiger partial charge in [-0.05, 0) is 23.0 Å². The lowest BCUT2D eigenvalue weighted by molar-refractivity contribution is 0.457. The summed E-state index contributed by atoms with van der Waals surface area (Å²) in [7, 11) is 0. The lowest BCUT2D eigenvalue weighted by Gasteiger charge is -2.03. The first-order valence-corrected chi connectivity index (χ1v) is 6.37. The monoisotopic (exact) mass is 248 g/mol. The lowest BCUT2D eigenvalue weighted by Crippen LogP contribution is -1.95. The van der Waals surface area contributed by atoms with Gasteiger partial charge in [0.1, 0.15) is 11.3 Å². The van der Waals surface area contributed by atoms with Gasteiger partial charge in [0.25, 0.3) is 0 Å². The largest absolute Gasteiger partial charge is 0.342 e. The number of halogens is 1. The molecular formula is C14H17ClN2. The molecule has 1 saturated carbocycles. The summed E-state index contributed by atoms with van der Waals surface area (Å²) in [5, 5.41) is 0.723. The van der Waals surface area contributed by atoms with Crippen LogP contribution in [0.5, 0.6) is 0 Å². The standard InChI is InChI=1S/C14H17ClN2/c1-13(2)11(14(13,3)4)12-16-9-7-5-6-8(15)10(9)17-12/h5-7,11H,1-4H3,(H,16,17). The molecule has 0 bridgehead atoms. The second-order valence-electron chi connectivity index (χ2n) is 6.13. The van der Waals surface area contributed by atoms with Crippen LogP contribution in [0.2, 0.25) is 5.02 Å². The first-order chi connectivity index (χ1) is 7.85. The molecule has 1 aromatic heterocycles. The van der Waals surface area contributed by atoms with Gasteiger partial charge in [0.2, 0.25) is 0 Å². The number of benzene rings is 1. The molecule has 90 valence electrons. The Labute approximate surface area is 106 Å². The maximum Gasteiger partial charge on any atom is 0.111 e. The molecule has 0 aliphatic heterocycles. The number of nitrogens with zero attached hydrogens (tertiary/aromatic N) is 1. The normalized spacial score (nSPS) is 21.9. The maximum absolute atomic E-state index is 6.16. The van der Waals surface area contributed by atoms with Gasteiger partial charge in [0, 0.05) is 5.92 Å². The Kier molecular flexibility index (Phi) is 1.99. The molecule has 1 aliphatic carbocycles. The summed E-state index contributed by atoms with van der Waals surface area (Å²) in [6.45, 7) is 9.19. The Hall–Kier alpha value is -1.02. The zero-order chi connectivity index (χ0) is 12.4. The average molecular weight is 249 g/mol. The highest BCUT2D eigenvalue weighted by molar-refractivity contribution is 6.34. The second kappa shape index (κ2) is 3.05. The van der Waals surface area contributed by atoms with Gasteiger partial charge in [-0.2, -0.15) is 0 Å². The van der Waals surface area contributed by atoms with Crippen LogP contribution in [0.4, 0.5) is 0 Å². The first-order valence-electron chi connectivity index (χ1n) is 6.00. The molecular weight excluding hydrogens is 232 g/mol. The van der Waals surface area contributed by atoms with Crippen molar-refractivity contribution in [3.63, 3.8) is 0 Å². The Morgan fingerprint density at radius 2 is 1.82 bits per heavy atom. The molecule has 3 heteroatoms.